The van der Waals surface area contributed by atoms with Crippen molar-refractivity contribution in [3.8, 4) is 5.75 Å². The number of aromatic hydroxyl groups is 1. The van der Waals surface area contributed by atoms with E-state index in [1.165, 1.54) is 4.90 Å². The van der Waals surface area contributed by atoms with Gasteiger partial charge in [0.1, 0.15) is 5.75 Å². The summed E-state index contributed by atoms with van der Waals surface area (Å²) < 4.78 is 0. The van der Waals surface area contributed by atoms with Gasteiger partial charge in [0, 0.05) is 5.92 Å². The molecule has 0 unspecified atom stereocenters. The molecule has 0 bridgehead atoms. The zero-order valence-corrected chi connectivity index (χ0v) is 22.2. The molecule has 1 fully saturated rings. The van der Waals surface area contributed by atoms with Crippen LogP contribution in [0.5, 0.6) is 5.75 Å². The smallest absolute Gasteiger partial charge is 0.238 e. The number of nitrogens with zero attached hydrogens (tertiary/aromatic N) is 1. The lowest BCUT2D eigenvalue weighted by molar-refractivity contribution is -0.123. The quantitative estimate of drug-likeness (QED) is 0.293. The zero-order valence-electron chi connectivity index (χ0n) is 22.2. The fourth-order valence-electron chi connectivity index (χ4n) is 6.07. The number of carbonyl (C=O) groups is 2. The van der Waals surface area contributed by atoms with E-state index >= 15 is 0 Å². The van der Waals surface area contributed by atoms with Crippen molar-refractivity contribution >= 4 is 23.6 Å². The second kappa shape index (κ2) is 11.6. The number of hydrogen-bond acceptors (Lipinski definition) is 6. The molecular formula is C31H37NO6. The van der Waals surface area contributed by atoms with Gasteiger partial charge in [0.25, 0.3) is 0 Å². The molecule has 0 saturated carbocycles. The fourth-order valence-corrected chi connectivity index (χ4v) is 6.07. The summed E-state index contributed by atoms with van der Waals surface area (Å²) >= 11 is 0. The molecule has 38 heavy (non-hydrogen) atoms. The minimum absolute atomic E-state index is 0.181. The Morgan fingerprint density at radius 2 is 1.74 bits per heavy atom. The van der Waals surface area contributed by atoms with Crippen LogP contribution in [-0.2, 0) is 9.59 Å². The number of aliphatic hydroxyl groups is 3. The molecule has 1 saturated heterocycles. The van der Waals surface area contributed by atoms with Crippen molar-refractivity contribution in [3.05, 3.63) is 75.9 Å². The maximum absolute atomic E-state index is 13.5. The highest BCUT2D eigenvalue weighted by atomic mass is 16.3. The van der Waals surface area contributed by atoms with E-state index in [1.54, 1.807) is 30.3 Å². The molecule has 4 atom stereocenters. The molecule has 1 heterocycles. The molecule has 2 aliphatic rings. The Kier molecular flexibility index (Phi) is 8.51. The van der Waals surface area contributed by atoms with Crippen LogP contribution in [0.15, 0.2) is 59.2 Å². The van der Waals surface area contributed by atoms with Crippen molar-refractivity contribution in [1.29, 1.82) is 0 Å². The van der Waals surface area contributed by atoms with Gasteiger partial charge in [-0.1, -0.05) is 36.8 Å². The molecule has 1 aliphatic carbocycles. The van der Waals surface area contributed by atoms with Crippen molar-refractivity contribution in [2.75, 3.05) is 18.1 Å². The molecule has 4 N–H and O–H groups in total. The van der Waals surface area contributed by atoms with Crippen molar-refractivity contribution in [1.82, 2.24) is 0 Å². The van der Waals surface area contributed by atoms with E-state index in [9.17, 15) is 30.0 Å². The van der Waals surface area contributed by atoms with Crippen molar-refractivity contribution in [2.45, 2.75) is 52.6 Å². The summed E-state index contributed by atoms with van der Waals surface area (Å²) in [6, 6.07) is 12.6. The monoisotopic (exact) mass is 519 g/mol. The normalized spacial score (nSPS) is 22.7. The summed E-state index contributed by atoms with van der Waals surface area (Å²) in [4.78, 5) is 27.9. The molecule has 1 aliphatic heterocycles. The summed E-state index contributed by atoms with van der Waals surface area (Å²) in [5, 5.41) is 42.0. The maximum atomic E-state index is 13.5. The third kappa shape index (κ3) is 5.19. The molecule has 2 aromatic carbocycles. The average Bonchev–Trinajstić information content (AvgIpc) is 3.17. The number of allylic oxidation sites excluding steroid dienone is 1. The van der Waals surface area contributed by atoms with Gasteiger partial charge in [-0.05, 0) is 91.6 Å². The highest BCUT2D eigenvalue weighted by Gasteiger charge is 2.55. The van der Waals surface area contributed by atoms with Crippen LogP contribution in [0.3, 0.4) is 0 Å². The Bertz CT molecular complexity index is 1240. The summed E-state index contributed by atoms with van der Waals surface area (Å²) in [5.41, 5.74) is 5.18. The van der Waals surface area contributed by atoms with Crippen LogP contribution in [0.25, 0.3) is 6.08 Å². The third-order valence-electron chi connectivity index (χ3n) is 8.02. The number of phenolic OH excluding ortho intramolecular Hbond substituents is 1. The number of aliphatic hydroxyl groups excluding tert-OH is 3. The van der Waals surface area contributed by atoms with Crippen LogP contribution in [0.4, 0.5) is 5.69 Å². The molecule has 7 nitrogen and oxygen atoms in total. The topological polar surface area (TPSA) is 118 Å². The summed E-state index contributed by atoms with van der Waals surface area (Å²) in [7, 11) is 0. The Labute approximate surface area is 223 Å². The van der Waals surface area contributed by atoms with E-state index in [0.29, 0.717) is 29.7 Å². The number of amides is 2. The third-order valence-corrected chi connectivity index (χ3v) is 8.02. The Balaban J connectivity index is 1.57. The van der Waals surface area contributed by atoms with Crippen LogP contribution in [0.2, 0.25) is 0 Å². The van der Waals surface area contributed by atoms with Crippen molar-refractivity contribution in [3.63, 3.8) is 0 Å². The minimum Gasteiger partial charge on any atom is -0.507 e. The van der Waals surface area contributed by atoms with E-state index in [-0.39, 0.29) is 30.6 Å². The number of phenols is 1. The Hall–Kier alpha value is -3.26. The van der Waals surface area contributed by atoms with E-state index in [1.807, 2.05) is 32.9 Å². The number of imide groups is 1. The minimum atomic E-state index is -0.970. The van der Waals surface area contributed by atoms with Crippen LogP contribution in [0.1, 0.15) is 49.3 Å². The Morgan fingerprint density at radius 1 is 1.08 bits per heavy atom. The molecule has 2 amide bonds. The predicted octanol–water partition coefficient (Wildman–Crippen LogP) is 4.05. The largest absolute Gasteiger partial charge is 0.507 e. The van der Waals surface area contributed by atoms with E-state index in [2.05, 4.69) is 6.08 Å². The number of fused-ring (bicyclic) bond motifs is 1. The van der Waals surface area contributed by atoms with Gasteiger partial charge in [0.15, 0.2) is 0 Å². The van der Waals surface area contributed by atoms with Gasteiger partial charge >= 0.3 is 0 Å². The van der Waals surface area contributed by atoms with Gasteiger partial charge in [-0.25, -0.2) is 0 Å². The summed E-state index contributed by atoms with van der Waals surface area (Å²) in [5.74, 6) is -2.62. The average molecular weight is 520 g/mol. The number of benzene rings is 2. The zero-order chi connectivity index (χ0) is 27.6. The van der Waals surface area contributed by atoms with Crippen LogP contribution in [-0.4, -0.2) is 51.6 Å². The highest BCUT2D eigenvalue weighted by Crippen LogP contribution is 2.47. The number of anilines is 1. The molecule has 2 aromatic rings. The number of rotatable bonds is 9. The van der Waals surface area contributed by atoms with Gasteiger partial charge in [0.05, 0.1) is 36.8 Å². The molecule has 0 spiro atoms. The first-order valence-electron chi connectivity index (χ1n) is 13.3. The molecular weight excluding hydrogens is 482 g/mol. The number of para-hydroxylation sites is 1. The van der Waals surface area contributed by atoms with Gasteiger partial charge in [-0.3, -0.25) is 14.5 Å². The lowest BCUT2D eigenvalue weighted by atomic mass is 9.68. The van der Waals surface area contributed by atoms with Gasteiger partial charge < -0.3 is 20.4 Å². The summed E-state index contributed by atoms with van der Waals surface area (Å²) in [6.45, 7) is 5.01. The van der Waals surface area contributed by atoms with E-state index in [4.69, 9.17) is 0 Å². The molecule has 7 heteroatoms. The number of hydrogen-bond donors (Lipinski definition) is 4. The lowest BCUT2D eigenvalue weighted by Gasteiger charge is -2.36. The van der Waals surface area contributed by atoms with E-state index in [0.717, 1.165) is 28.7 Å². The van der Waals surface area contributed by atoms with Gasteiger partial charge in [0.2, 0.25) is 11.8 Å². The van der Waals surface area contributed by atoms with Crippen molar-refractivity contribution in [2.24, 2.45) is 17.8 Å². The standard InChI is InChI=1S/C31H37NO6/c1-4-20(14-21-12-18(2)29(36)19(3)13-21)10-11-26(35)27-22(16-33)15-24-28(25(27)17-34)31(38)32(30(24)37)23-8-6-5-7-9-23/h5-9,12-14,24-26,28,33-36H,4,10-11,15-17H2,1-3H3/b20-14+/t24-,25+,26-,28-/m1/s1. The molecule has 4 rings (SSSR count). The molecule has 202 valence electrons. The first kappa shape index (κ1) is 27.8. The predicted molar refractivity (Wildman–Crippen MR) is 146 cm³/mol. The Morgan fingerprint density at radius 3 is 2.32 bits per heavy atom. The molecule has 0 radical (unpaired) electrons. The SMILES string of the molecule is CC/C(=C\c1cc(C)c(O)c(C)c1)CC[C@@H](O)C1=C(CO)C[C@H]2C(=O)N(c3ccccc3)C(=O)[C@H]2[C@H]1CO. The first-order chi connectivity index (χ1) is 18.2. The van der Waals surface area contributed by atoms with E-state index < -0.39 is 30.5 Å². The van der Waals surface area contributed by atoms with Crippen LogP contribution < -0.4 is 4.90 Å². The van der Waals surface area contributed by atoms with Crippen LogP contribution in [0, 0.1) is 31.6 Å². The lowest BCUT2D eigenvalue weighted by Crippen LogP contribution is -2.39. The van der Waals surface area contributed by atoms with Crippen LogP contribution >= 0.6 is 0 Å². The summed E-state index contributed by atoms with van der Waals surface area (Å²) in [6.07, 6.45) is 2.97. The first-order valence-corrected chi connectivity index (χ1v) is 13.3. The fraction of sp³-hybridized carbons (Fsp3) is 0.419. The maximum Gasteiger partial charge on any atom is 0.238 e. The van der Waals surface area contributed by atoms with Gasteiger partial charge in [-0.15, -0.1) is 0 Å². The molecule has 0 aromatic heterocycles. The highest BCUT2D eigenvalue weighted by molar-refractivity contribution is 6.22. The van der Waals surface area contributed by atoms with Crippen molar-refractivity contribution < 1.29 is 30.0 Å². The second-order valence-corrected chi connectivity index (χ2v) is 10.4. The number of carbonyl (C=O) groups excluding carboxylic acids is 2. The number of aryl methyl sites for hydroxylation is 2. The second-order valence-electron chi connectivity index (χ2n) is 10.4. The van der Waals surface area contributed by atoms with Gasteiger partial charge in [-0.2, -0.15) is 0 Å².